The first-order valence-corrected chi connectivity index (χ1v) is 4.45. The normalized spacial score (nSPS) is 45.2. The number of amides is 1. The average molecular weight is 187 g/mol. The minimum absolute atomic E-state index is 0.0463. The van der Waals surface area contributed by atoms with Crippen molar-refractivity contribution in [3.8, 4) is 0 Å². The quantitative estimate of drug-likeness (QED) is 0.412. The minimum Gasteiger partial charge on any atom is -0.388 e. The maximum Gasteiger partial charge on any atom is 0.223 e. The maximum absolute atomic E-state index is 11.2. The van der Waals surface area contributed by atoms with E-state index in [2.05, 4.69) is 0 Å². The number of rotatable bonds is 0. The summed E-state index contributed by atoms with van der Waals surface area (Å²) in [5, 5.41) is 28.2. The predicted octanol–water partition coefficient (Wildman–Crippen LogP) is -1.93. The molecule has 5 nitrogen and oxygen atoms in total. The molecule has 0 aromatic heterocycles. The van der Waals surface area contributed by atoms with Gasteiger partial charge in [-0.1, -0.05) is 0 Å². The molecule has 2 fully saturated rings. The van der Waals surface area contributed by atoms with Gasteiger partial charge >= 0.3 is 0 Å². The van der Waals surface area contributed by atoms with Gasteiger partial charge in [-0.05, 0) is 6.42 Å². The van der Waals surface area contributed by atoms with E-state index in [9.17, 15) is 20.1 Å². The van der Waals surface area contributed by atoms with E-state index in [1.807, 2.05) is 0 Å². The summed E-state index contributed by atoms with van der Waals surface area (Å²) in [6.07, 6.45) is -2.17. The first-order chi connectivity index (χ1) is 6.11. The fourth-order valence-electron chi connectivity index (χ4n) is 2.11. The van der Waals surface area contributed by atoms with Gasteiger partial charge in [-0.2, -0.15) is 0 Å². The second-order valence-electron chi connectivity index (χ2n) is 3.70. The molecule has 5 heteroatoms. The molecule has 74 valence electrons. The van der Waals surface area contributed by atoms with Crippen LogP contribution in [0.15, 0.2) is 0 Å². The Morgan fingerprint density at radius 3 is 2.62 bits per heavy atom. The lowest BCUT2D eigenvalue weighted by molar-refractivity contribution is -0.151. The van der Waals surface area contributed by atoms with Crippen LogP contribution in [0.25, 0.3) is 0 Å². The first kappa shape index (κ1) is 8.93. The lowest BCUT2D eigenvalue weighted by atomic mass is 9.94. The second kappa shape index (κ2) is 2.94. The largest absolute Gasteiger partial charge is 0.388 e. The van der Waals surface area contributed by atoms with Crippen LogP contribution >= 0.6 is 0 Å². The van der Waals surface area contributed by atoms with Crippen LogP contribution in [-0.4, -0.2) is 57.0 Å². The van der Waals surface area contributed by atoms with Crippen LogP contribution in [0.1, 0.15) is 12.8 Å². The third-order valence-electron chi connectivity index (χ3n) is 2.90. The van der Waals surface area contributed by atoms with Crippen molar-refractivity contribution in [3.05, 3.63) is 0 Å². The molecule has 0 bridgehead atoms. The molecule has 2 aliphatic heterocycles. The number of piperidine rings is 1. The van der Waals surface area contributed by atoms with E-state index in [1.54, 1.807) is 0 Å². The minimum atomic E-state index is -1.12. The zero-order chi connectivity index (χ0) is 9.59. The second-order valence-corrected chi connectivity index (χ2v) is 3.70. The van der Waals surface area contributed by atoms with Gasteiger partial charge in [-0.25, -0.2) is 0 Å². The fourth-order valence-corrected chi connectivity index (χ4v) is 2.11. The Labute approximate surface area is 75.6 Å². The van der Waals surface area contributed by atoms with Gasteiger partial charge in [0.1, 0.15) is 18.3 Å². The average Bonchev–Trinajstić information content (AvgIpc) is 2.45. The molecule has 0 radical (unpaired) electrons. The highest BCUT2D eigenvalue weighted by atomic mass is 16.4. The lowest BCUT2D eigenvalue weighted by Gasteiger charge is -2.39. The van der Waals surface area contributed by atoms with Crippen LogP contribution in [0.2, 0.25) is 0 Å². The molecule has 0 saturated carbocycles. The number of carbonyl (C=O) groups is 1. The number of nitrogens with zero attached hydrogens (tertiary/aromatic N) is 1. The van der Waals surface area contributed by atoms with Crippen molar-refractivity contribution in [3.63, 3.8) is 0 Å². The van der Waals surface area contributed by atoms with Gasteiger partial charge in [-0.15, -0.1) is 0 Å². The Morgan fingerprint density at radius 1 is 1.23 bits per heavy atom. The van der Waals surface area contributed by atoms with Crippen LogP contribution < -0.4 is 0 Å². The molecule has 0 aromatic carbocycles. The van der Waals surface area contributed by atoms with Gasteiger partial charge in [0.15, 0.2) is 0 Å². The van der Waals surface area contributed by atoms with E-state index in [-0.39, 0.29) is 18.5 Å². The zero-order valence-corrected chi connectivity index (χ0v) is 7.13. The molecule has 0 aliphatic carbocycles. The van der Waals surface area contributed by atoms with Crippen LogP contribution in [0.5, 0.6) is 0 Å². The summed E-state index contributed by atoms with van der Waals surface area (Å²) in [6, 6.07) is -0.300. The Kier molecular flexibility index (Phi) is 2.02. The van der Waals surface area contributed by atoms with E-state index in [4.69, 9.17) is 0 Å². The van der Waals surface area contributed by atoms with Crippen molar-refractivity contribution >= 4 is 5.91 Å². The summed E-state index contributed by atoms with van der Waals surface area (Å²) >= 11 is 0. The number of aliphatic hydroxyl groups is 3. The van der Waals surface area contributed by atoms with Gasteiger partial charge in [0.2, 0.25) is 5.91 Å². The molecule has 2 heterocycles. The van der Waals surface area contributed by atoms with Gasteiger partial charge in [0.05, 0.1) is 6.04 Å². The van der Waals surface area contributed by atoms with E-state index in [0.29, 0.717) is 12.8 Å². The maximum atomic E-state index is 11.2. The molecule has 0 spiro atoms. The van der Waals surface area contributed by atoms with E-state index in [0.717, 1.165) is 0 Å². The SMILES string of the molecule is O=C1CC[C@H]2[C@@H](O)[C@H](O)[C@H](O)CN12. The number of hydrogen-bond donors (Lipinski definition) is 3. The standard InChI is InChI=1S/C8H13NO4/c10-5-3-9-4(1-2-6(9)11)7(12)8(5)13/h4-5,7-8,10,12-13H,1-3H2/t4-,5+,7+,8+/m0/s1. The molecular weight excluding hydrogens is 174 g/mol. The summed E-state index contributed by atoms with van der Waals surface area (Å²) in [5.41, 5.74) is 0. The van der Waals surface area contributed by atoms with Crippen molar-refractivity contribution in [1.82, 2.24) is 4.90 Å². The number of fused-ring (bicyclic) bond motifs is 1. The van der Waals surface area contributed by atoms with Crippen LogP contribution in [0, 0.1) is 0 Å². The molecule has 0 aromatic rings. The molecule has 0 unspecified atom stereocenters. The number of aliphatic hydroxyl groups excluding tert-OH is 3. The van der Waals surface area contributed by atoms with Crippen molar-refractivity contribution in [2.24, 2.45) is 0 Å². The van der Waals surface area contributed by atoms with E-state index < -0.39 is 18.3 Å². The van der Waals surface area contributed by atoms with Gasteiger partial charge in [0.25, 0.3) is 0 Å². The third-order valence-corrected chi connectivity index (χ3v) is 2.90. The molecule has 4 atom stereocenters. The molecule has 2 rings (SSSR count). The zero-order valence-electron chi connectivity index (χ0n) is 7.13. The summed E-state index contributed by atoms with van der Waals surface area (Å²) in [7, 11) is 0. The van der Waals surface area contributed by atoms with Gasteiger partial charge in [0, 0.05) is 13.0 Å². The summed E-state index contributed by atoms with van der Waals surface area (Å²) < 4.78 is 0. The summed E-state index contributed by atoms with van der Waals surface area (Å²) in [6.45, 7) is 0.141. The first-order valence-electron chi connectivity index (χ1n) is 4.45. The lowest BCUT2D eigenvalue weighted by Crippen LogP contribution is -2.59. The highest BCUT2D eigenvalue weighted by Gasteiger charge is 2.46. The Balaban J connectivity index is 2.18. The molecule has 1 amide bonds. The topological polar surface area (TPSA) is 81.0 Å². The van der Waals surface area contributed by atoms with Crippen molar-refractivity contribution < 1.29 is 20.1 Å². The molecule has 2 saturated heterocycles. The molecular formula is C8H13NO4. The highest BCUT2D eigenvalue weighted by Crippen LogP contribution is 2.28. The van der Waals surface area contributed by atoms with Crippen LogP contribution in [0.4, 0.5) is 0 Å². The Bertz CT molecular complexity index is 232. The molecule has 13 heavy (non-hydrogen) atoms. The van der Waals surface area contributed by atoms with E-state index >= 15 is 0 Å². The predicted molar refractivity (Wildman–Crippen MR) is 42.8 cm³/mol. The third kappa shape index (κ3) is 1.23. The van der Waals surface area contributed by atoms with Gasteiger partial charge in [-0.3, -0.25) is 4.79 Å². The Hall–Kier alpha value is -0.650. The van der Waals surface area contributed by atoms with Crippen LogP contribution in [0.3, 0.4) is 0 Å². The number of carbonyl (C=O) groups excluding carboxylic acids is 1. The van der Waals surface area contributed by atoms with Crippen molar-refractivity contribution in [1.29, 1.82) is 0 Å². The fraction of sp³-hybridized carbons (Fsp3) is 0.875. The number of hydrogen-bond acceptors (Lipinski definition) is 4. The molecule has 2 aliphatic rings. The Morgan fingerprint density at radius 2 is 1.92 bits per heavy atom. The van der Waals surface area contributed by atoms with E-state index in [1.165, 1.54) is 4.90 Å². The van der Waals surface area contributed by atoms with Crippen molar-refractivity contribution in [2.45, 2.75) is 37.2 Å². The summed E-state index contributed by atoms with van der Waals surface area (Å²) in [4.78, 5) is 12.7. The summed E-state index contributed by atoms with van der Waals surface area (Å²) in [5.74, 6) is -0.0463. The molecule has 3 N–H and O–H groups in total. The van der Waals surface area contributed by atoms with Crippen molar-refractivity contribution in [2.75, 3.05) is 6.54 Å². The van der Waals surface area contributed by atoms with Crippen LogP contribution in [-0.2, 0) is 4.79 Å². The van der Waals surface area contributed by atoms with Gasteiger partial charge < -0.3 is 20.2 Å². The monoisotopic (exact) mass is 187 g/mol. The smallest absolute Gasteiger partial charge is 0.223 e. The highest BCUT2D eigenvalue weighted by molar-refractivity contribution is 5.79.